The number of fused-ring (bicyclic) bond motifs is 1. The molecule has 0 saturated carbocycles. The van der Waals surface area contributed by atoms with Gasteiger partial charge in [0.1, 0.15) is 17.8 Å². The first-order valence-corrected chi connectivity index (χ1v) is 13.0. The van der Waals surface area contributed by atoms with E-state index in [1.165, 1.54) is 0 Å². The van der Waals surface area contributed by atoms with Gasteiger partial charge in [0.25, 0.3) is 0 Å². The lowest BCUT2D eigenvalue weighted by atomic mass is 9.94. The highest BCUT2D eigenvalue weighted by atomic mass is 19.1. The van der Waals surface area contributed by atoms with Gasteiger partial charge in [-0.25, -0.2) is 9.37 Å². The molecule has 0 radical (unpaired) electrons. The van der Waals surface area contributed by atoms with Gasteiger partial charge in [0.05, 0.1) is 5.69 Å². The zero-order valence-electron chi connectivity index (χ0n) is 22.3. The minimum Gasteiger partial charge on any atom is -0.366 e. The van der Waals surface area contributed by atoms with Crippen LogP contribution in [-0.4, -0.2) is 26.8 Å². The molecule has 8 heteroatoms. The van der Waals surface area contributed by atoms with Gasteiger partial charge < -0.3 is 16.4 Å². The largest absolute Gasteiger partial charge is 0.366 e. The summed E-state index contributed by atoms with van der Waals surface area (Å²) in [5, 5.41) is 6.80. The zero-order valence-corrected chi connectivity index (χ0v) is 22.3. The number of amides is 1. The van der Waals surface area contributed by atoms with E-state index in [1.54, 1.807) is 47.3 Å². The highest BCUT2D eigenvalue weighted by Crippen LogP contribution is 2.32. The molecule has 0 spiro atoms. The summed E-state index contributed by atoms with van der Waals surface area (Å²) in [6.07, 6.45) is 1.63. The van der Waals surface area contributed by atoms with Crippen LogP contribution in [0.2, 0.25) is 0 Å². The number of primary amides is 1. The Morgan fingerprint density at radius 3 is 2.67 bits per heavy atom. The van der Waals surface area contributed by atoms with Crippen molar-refractivity contribution in [3.05, 3.63) is 107 Å². The molecule has 5 rings (SSSR count). The summed E-state index contributed by atoms with van der Waals surface area (Å²) in [6.45, 7) is 7.30. The third-order valence-corrected chi connectivity index (χ3v) is 6.94. The normalized spacial score (nSPS) is 15.6. The number of Topliss-reactive ketones (excluding diaryl/α,β-unsaturated/α-hetero) is 1. The van der Waals surface area contributed by atoms with Gasteiger partial charge in [0, 0.05) is 47.9 Å². The van der Waals surface area contributed by atoms with Crippen LogP contribution < -0.4 is 16.4 Å². The van der Waals surface area contributed by atoms with Crippen LogP contribution in [0.25, 0.3) is 16.8 Å². The number of carbonyl (C=O) groups excluding carboxylic acids is 2. The second-order valence-electron chi connectivity index (χ2n) is 10.9. The van der Waals surface area contributed by atoms with Crippen molar-refractivity contribution in [3.8, 4) is 16.8 Å². The summed E-state index contributed by atoms with van der Waals surface area (Å²) in [5.41, 5.74) is 10.6. The zero-order chi connectivity index (χ0) is 27.7. The fourth-order valence-corrected chi connectivity index (χ4v) is 4.90. The molecule has 200 valence electrons. The van der Waals surface area contributed by atoms with E-state index < -0.39 is 11.9 Å². The number of nitrogens with one attached hydrogen (secondary N) is 2. The smallest absolute Gasteiger partial charge is 0.248 e. The molecular weight excluding hydrogens is 493 g/mol. The van der Waals surface area contributed by atoms with E-state index in [1.807, 2.05) is 30.3 Å². The Morgan fingerprint density at radius 1 is 1.13 bits per heavy atom. The molecule has 1 amide bonds. The van der Waals surface area contributed by atoms with Gasteiger partial charge in [-0.05, 0) is 61.7 Å². The van der Waals surface area contributed by atoms with Crippen LogP contribution in [0.15, 0.2) is 73.1 Å². The van der Waals surface area contributed by atoms with E-state index in [9.17, 15) is 9.59 Å². The molecule has 2 heterocycles. The molecule has 0 saturated heterocycles. The van der Waals surface area contributed by atoms with Crippen LogP contribution in [-0.2, 0) is 13.1 Å². The van der Waals surface area contributed by atoms with Crippen molar-refractivity contribution in [2.24, 2.45) is 5.73 Å². The van der Waals surface area contributed by atoms with E-state index in [0.717, 1.165) is 16.7 Å². The molecule has 1 atom stereocenters. The predicted molar refractivity (Wildman–Crippen MR) is 149 cm³/mol. The van der Waals surface area contributed by atoms with Gasteiger partial charge in [-0.1, -0.05) is 42.5 Å². The van der Waals surface area contributed by atoms with Gasteiger partial charge in [0.15, 0.2) is 5.78 Å². The molecular formula is C31H32FN5O2. The number of aromatic nitrogens is 2. The number of nitrogens with zero attached hydrogens (tertiary/aromatic N) is 2. The summed E-state index contributed by atoms with van der Waals surface area (Å²) in [7, 11) is 0. The van der Waals surface area contributed by atoms with Crippen molar-refractivity contribution in [2.45, 2.75) is 51.9 Å². The number of carbonyl (C=O) groups is 2. The van der Waals surface area contributed by atoms with Gasteiger partial charge in [-0.15, -0.1) is 0 Å². The average Bonchev–Trinajstić information content (AvgIpc) is 3.27. The molecule has 1 unspecified atom stereocenters. The van der Waals surface area contributed by atoms with Crippen LogP contribution in [0.4, 0.5) is 4.39 Å². The summed E-state index contributed by atoms with van der Waals surface area (Å²) < 4.78 is 17.2. The standard InChI is InChI=1S/C31H32FN5O2/c1-31(2,3)36-16-21-7-4-5-10-23(21)19-11-12-24(25(32)14-19)26-15-28(38)29-27(17-34-26)35-18-37(29)22-9-6-8-20(13-22)30(33)39/h4-14,18,26,34,36H,15-17H2,1-3H3,(H2,33,39). The second-order valence-corrected chi connectivity index (χ2v) is 10.9. The fourth-order valence-electron chi connectivity index (χ4n) is 4.90. The van der Waals surface area contributed by atoms with Gasteiger partial charge in [0.2, 0.25) is 5.91 Å². The maximum atomic E-state index is 15.6. The maximum Gasteiger partial charge on any atom is 0.248 e. The fraction of sp³-hybridized carbons (Fsp3) is 0.258. The average molecular weight is 526 g/mol. The van der Waals surface area contributed by atoms with Crippen molar-refractivity contribution >= 4 is 11.7 Å². The minimum atomic E-state index is -0.553. The van der Waals surface area contributed by atoms with Crippen molar-refractivity contribution in [3.63, 3.8) is 0 Å². The number of ketones is 1. The van der Waals surface area contributed by atoms with E-state index >= 15 is 4.39 Å². The Bertz CT molecular complexity index is 1550. The van der Waals surface area contributed by atoms with Crippen molar-refractivity contribution in [2.75, 3.05) is 0 Å². The van der Waals surface area contributed by atoms with Crippen LogP contribution >= 0.6 is 0 Å². The first kappa shape index (κ1) is 26.5. The number of imidazole rings is 1. The summed E-state index contributed by atoms with van der Waals surface area (Å²) in [4.78, 5) is 29.5. The number of rotatable bonds is 6. The molecule has 1 aliphatic rings. The lowest BCUT2D eigenvalue weighted by Gasteiger charge is -2.22. The van der Waals surface area contributed by atoms with E-state index in [2.05, 4.69) is 36.4 Å². The Kier molecular flexibility index (Phi) is 7.16. The highest BCUT2D eigenvalue weighted by Gasteiger charge is 2.29. The van der Waals surface area contributed by atoms with Crippen molar-refractivity contribution < 1.29 is 14.0 Å². The van der Waals surface area contributed by atoms with Gasteiger partial charge in [-0.3, -0.25) is 14.2 Å². The molecule has 4 aromatic rings. The van der Waals surface area contributed by atoms with E-state index in [0.29, 0.717) is 41.3 Å². The number of hydrogen-bond acceptors (Lipinski definition) is 5. The minimum absolute atomic E-state index is 0.0431. The van der Waals surface area contributed by atoms with Crippen LogP contribution in [0, 0.1) is 5.82 Å². The number of hydrogen-bond donors (Lipinski definition) is 3. The molecule has 0 bridgehead atoms. The third-order valence-electron chi connectivity index (χ3n) is 6.94. The quantitative estimate of drug-likeness (QED) is 0.326. The van der Waals surface area contributed by atoms with E-state index in [4.69, 9.17) is 5.73 Å². The van der Waals surface area contributed by atoms with Crippen molar-refractivity contribution in [1.82, 2.24) is 20.2 Å². The Hall–Kier alpha value is -4.14. The van der Waals surface area contributed by atoms with E-state index in [-0.39, 0.29) is 23.6 Å². The number of nitrogens with two attached hydrogens (primary N) is 1. The van der Waals surface area contributed by atoms with Crippen molar-refractivity contribution in [1.29, 1.82) is 0 Å². The molecule has 39 heavy (non-hydrogen) atoms. The van der Waals surface area contributed by atoms with Gasteiger partial charge in [-0.2, -0.15) is 0 Å². The summed E-state index contributed by atoms with van der Waals surface area (Å²) in [6, 6.07) is 19.4. The SMILES string of the molecule is CC(C)(C)NCc1ccccc1-c1ccc(C2CC(=O)c3c(ncn3-c3cccc(C(N)=O)c3)CN2)c(F)c1. The van der Waals surface area contributed by atoms with Crippen LogP contribution in [0.1, 0.15) is 70.9 Å². The van der Waals surface area contributed by atoms with Crippen LogP contribution in [0.3, 0.4) is 0 Å². The predicted octanol–water partition coefficient (Wildman–Crippen LogP) is 5.08. The molecule has 3 aromatic carbocycles. The van der Waals surface area contributed by atoms with Crippen LogP contribution in [0.5, 0.6) is 0 Å². The molecule has 0 fully saturated rings. The highest BCUT2D eigenvalue weighted by molar-refractivity contribution is 5.97. The first-order chi connectivity index (χ1) is 18.6. The first-order valence-electron chi connectivity index (χ1n) is 13.0. The maximum absolute atomic E-state index is 15.6. The summed E-state index contributed by atoms with van der Waals surface area (Å²) >= 11 is 0. The Morgan fingerprint density at radius 2 is 1.92 bits per heavy atom. The Balaban J connectivity index is 1.40. The third kappa shape index (κ3) is 5.67. The lowest BCUT2D eigenvalue weighted by Crippen LogP contribution is -2.35. The van der Waals surface area contributed by atoms with Gasteiger partial charge >= 0.3 is 0 Å². The summed E-state index contributed by atoms with van der Waals surface area (Å²) in [5.74, 6) is -1.08. The molecule has 7 nitrogen and oxygen atoms in total. The molecule has 0 aliphatic carbocycles. The second kappa shape index (κ2) is 10.6. The monoisotopic (exact) mass is 525 g/mol. The number of halogens is 1. The lowest BCUT2D eigenvalue weighted by molar-refractivity contribution is 0.0964. The topological polar surface area (TPSA) is 102 Å². The molecule has 4 N–H and O–H groups in total. The molecule has 1 aliphatic heterocycles. The Labute approximate surface area is 227 Å². The number of benzene rings is 3. The molecule has 1 aromatic heterocycles.